The van der Waals surface area contributed by atoms with E-state index in [0.29, 0.717) is 0 Å². The standard InChI is InChI=1S/C2AsF6/c4-1(5,6)3-2(7,8)9. The predicted octanol–water partition coefficient (Wildman–Crippen LogP) is 1.73. The van der Waals surface area contributed by atoms with Gasteiger partial charge in [0, 0.05) is 0 Å². The Morgan fingerprint density at radius 3 is 0.889 bits per heavy atom. The molecule has 0 N–H and O–H groups in total. The normalized spacial score (nSPS) is 14.0. The van der Waals surface area contributed by atoms with E-state index in [-0.39, 0.29) is 0 Å². The van der Waals surface area contributed by atoms with Crippen LogP contribution in [0.3, 0.4) is 0 Å². The van der Waals surface area contributed by atoms with Gasteiger partial charge in [0.2, 0.25) is 0 Å². The van der Waals surface area contributed by atoms with Gasteiger partial charge in [-0.2, -0.15) is 0 Å². The zero-order chi connectivity index (χ0) is 7.71. The average molecular weight is 213 g/mol. The van der Waals surface area contributed by atoms with Crippen molar-refractivity contribution < 1.29 is 26.3 Å². The van der Waals surface area contributed by atoms with Crippen molar-refractivity contribution in [1.29, 1.82) is 0 Å². The maximum atomic E-state index is 10.9. The van der Waals surface area contributed by atoms with Crippen molar-refractivity contribution in [2.24, 2.45) is 0 Å². The molecule has 0 aromatic rings. The van der Waals surface area contributed by atoms with Gasteiger partial charge in [0.25, 0.3) is 0 Å². The van der Waals surface area contributed by atoms with E-state index >= 15 is 0 Å². The Morgan fingerprint density at radius 1 is 0.667 bits per heavy atom. The molecule has 0 aliphatic rings. The van der Waals surface area contributed by atoms with Crippen LogP contribution in [0, 0.1) is 0 Å². The van der Waals surface area contributed by atoms with Gasteiger partial charge >= 0.3 is 52.0 Å². The first-order chi connectivity index (χ1) is 3.71. The second-order valence-electron chi connectivity index (χ2n) is 1.05. The van der Waals surface area contributed by atoms with Crippen LogP contribution in [0.5, 0.6) is 0 Å². The average Bonchev–Trinajstić information content (AvgIpc) is 1.14. The molecular formula is C2AsF6. The Bertz CT molecular complexity index is 76.2. The fourth-order valence-electron chi connectivity index (χ4n) is 0.144. The molecule has 9 heavy (non-hydrogen) atoms. The summed E-state index contributed by atoms with van der Waals surface area (Å²) in [6.45, 7) is 0. The summed E-state index contributed by atoms with van der Waals surface area (Å²) < 4.78 is 65.2. The van der Waals surface area contributed by atoms with Gasteiger partial charge in [0.15, 0.2) is 0 Å². The van der Waals surface area contributed by atoms with Crippen LogP contribution in [0.2, 0.25) is 0 Å². The molecule has 0 spiro atoms. The van der Waals surface area contributed by atoms with E-state index in [1.807, 2.05) is 0 Å². The third-order valence-corrected chi connectivity index (χ3v) is 1.32. The van der Waals surface area contributed by atoms with E-state index in [0.717, 1.165) is 0 Å². The van der Waals surface area contributed by atoms with E-state index in [1.54, 1.807) is 0 Å². The molecule has 1 radical (unpaired) electrons. The van der Waals surface area contributed by atoms with Crippen LogP contribution in [-0.4, -0.2) is 25.7 Å². The SMILES string of the molecule is FC(F)(F)[As]C(F)(F)F. The Kier molecular flexibility index (Phi) is 2.44. The van der Waals surface area contributed by atoms with Gasteiger partial charge in [-0.3, -0.25) is 0 Å². The summed E-state index contributed by atoms with van der Waals surface area (Å²) >= 11 is -3.52. The number of rotatable bonds is 0. The van der Waals surface area contributed by atoms with Gasteiger partial charge < -0.3 is 0 Å². The first kappa shape index (κ1) is 9.14. The van der Waals surface area contributed by atoms with Crippen LogP contribution >= 0.6 is 0 Å². The van der Waals surface area contributed by atoms with Gasteiger partial charge in [0.05, 0.1) is 0 Å². The van der Waals surface area contributed by atoms with Crippen molar-refractivity contribution >= 4 is 15.8 Å². The Hall–Kier alpha value is 0.138. The van der Waals surface area contributed by atoms with Crippen molar-refractivity contribution in [2.75, 3.05) is 0 Å². The molecule has 0 amide bonds. The fraction of sp³-hybridized carbons (Fsp3) is 1.00. The second-order valence-corrected chi connectivity index (χ2v) is 3.64. The molecule has 0 aliphatic heterocycles. The molecule has 0 bridgehead atoms. The van der Waals surface area contributed by atoms with Gasteiger partial charge in [0.1, 0.15) is 0 Å². The second kappa shape index (κ2) is 2.40. The summed E-state index contributed by atoms with van der Waals surface area (Å²) in [5.41, 5.74) is 0. The molecule has 0 rings (SSSR count). The van der Waals surface area contributed by atoms with Crippen molar-refractivity contribution in [2.45, 2.75) is 9.93 Å². The summed E-state index contributed by atoms with van der Waals surface area (Å²) in [6.07, 6.45) is 0. The summed E-state index contributed by atoms with van der Waals surface area (Å²) in [7, 11) is 0. The molecule has 0 aliphatic carbocycles. The van der Waals surface area contributed by atoms with Crippen LogP contribution in [0.4, 0.5) is 26.3 Å². The van der Waals surface area contributed by atoms with Crippen LogP contribution in [0.1, 0.15) is 0 Å². The van der Waals surface area contributed by atoms with Crippen molar-refractivity contribution in [3.05, 3.63) is 0 Å². The molecule has 0 atom stereocenters. The molecule has 0 heterocycles. The van der Waals surface area contributed by atoms with E-state index < -0.39 is 25.7 Å². The van der Waals surface area contributed by atoms with Crippen LogP contribution in [0.25, 0.3) is 0 Å². The molecule has 0 saturated heterocycles. The molecule has 0 nitrogen and oxygen atoms in total. The summed E-state index contributed by atoms with van der Waals surface area (Å²) in [4.78, 5) is -10.1. The Morgan fingerprint density at radius 2 is 0.889 bits per heavy atom. The number of hydrogen-bond acceptors (Lipinski definition) is 0. The quantitative estimate of drug-likeness (QED) is 0.424. The topological polar surface area (TPSA) is 0 Å². The molecule has 0 aromatic heterocycles. The molecule has 55 valence electrons. The molecular weight excluding hydrogens is 213 g/mol. The number of alkyl halides is 6. The molecule has 0 aromatic carbocycles. The van der Waals surface area contributed by atoms with Crippen LogP contribution in [-0.2, 0) is 0 Å². The monoisotopic (exact) mass is 213 g/mol. The van der Waals surface area contributed by atoms with Gasteiger partial charge in [-0.25, -0.2) is 0 Å². The minimum absolute atomic E-state index is 3.52. The third-order valence-electron chi connectivity index (χ3n) is 0.254. The van der Waals surface area contributed by atoms with E-state index in [1.165, 1.54) is 0 Å². The molecule has 7 heteroatoms. The fourth-order valence-corrected chi connectivity index (χ4v) is 0.747. The number of halogens is 6. The summed E-state index contributed by atoms with van der Waals surface area (Å²) in [6, 6.07) is 0. The third kappa shape index (κ3) is 8.14. The number of hydrogen-bond donors (Lipinski definition) is 0. The van der Waals surface area contributed by atoms with Gasteiger partial charge in [-0.15, -0.1) is 0 Å². The van der Waals surface area contributed by atoms with E-state index in [2.05, 4.69) is 0 Å². The Labute approximate surface area is 52.9 Å². The predicted molar refractivity (Wildman–Crippen MR) is 17.9 cm³/mol. The van der Waals surface area contributed by atoms with E-state index in [9.17, 15) is 26.3 Å². The van der Waals surface area contributed by atoms with Crippen LogP contribution < -0.4 is 0 Å². The Balaban J connectivity index is 3.75. The van der Waals surface area contributed by atoms with Crippen molar-refractivity contribution in [3.63, 3.8) is 0 Å². The first-order valence-electron chi connectivity index (χ1n) is 1.58. The maximum absolute atomic E-state index is 10.9. The zero-order valence-corrected chi connectivity index (χ0v) is 5.59. The summed E-state index contributed by atoms with van der Waals surface area (Å²) in [5.74, 6) is 0. The van der Waals surface area contributed by atoms with E-state index in [4.69, 9.17) is 0 Å². The van der Waals surface area contributed by atoms with Crippen molar-refractivity contribution in [3.8, 4) is 0 Å². The van der Waals surface area contributed by atoms with Crippen LogP contribution in [0.15, 0.2) is 0 Å². The van der Waals surface area contributed by atoms with Gasteiger partial charge in [-0.05, 0) is 0 Å². The zero-order valence-electron chi connectivity index (χ0n) is 3.72. The molecule has 0 fully saturated rings. The molecule has 0 unspecified atom stereocenters. The summed E-state index contributed by atoms with van der Waals surface area (Å²) in [5, 5.41) is 0. The minimum atomic E-state index is -5.05. The van der Waals surface area contributed by atoms with Crippen molar-refractivity contribution in [1.82, 2.24) is 0 Å². The molecule has 0 saturated carbocycles. The first-order valence-corrected chi connectivity index (χ1v) is 3.46. The van der Waals surface area contributed by atoms with Gasteiger partial charge in [-0.1, -0.05) is 0 Å².